The molecular formula is C9H15NO4. The van der Waals surface area contributed by atoms with Gasteiger partial charge in [0.1, 0.15) is 0 Å². The van der Waals surface area contributed by atoms with Crippen LogP contribution < -0.4 is 5.32 Å². The highest BCUT2D eigenvalue weighted by atomic mass is 16.4. The van der Waals surface area contributed by atoms with Gasteiger partial charge in [-0.3, -0.25) is 4.79 Å². The van der Waals surface area contributed by atoms with E-state index < -0.39 is 18.1 Å². The SMILES string of the molecule is C[C@@H](O)[C@H](NC(=O)[C@@H]1C[C@@H]1C)C(=O)O. The van der Waals surface area contributed by atoms with Crippen molar-refractivity contribution in [2.45, 2.75) is 32.4 Å². The van der Waals surface area contributed by atoms with Crippen LogP contribution in [0.5, 0.6) is 0 Å². The summed E-state index contributed by atoms with van der Waals surface area (Å²) in [6, 6.07) is -1.20. The van der Waals surface area contributed by atoms with Crippen LogP contribution in [0.25, 0.3) is 0 Å². The molecule has 4 atom stereocenters. The van der Waals surface area contributed by atoms with Crippen LogP contribution in [0.3, 0.4) is 0 Å². The number of carbonyl (C=O) groups excluding carboxylic acids is 1. The van der Waals surface area contributed by atoms with Gasteiger partial charge in [0.05, 0.1) is 6.10 Å². The van der Waals surface area contributed by atoms with Gasteiger partial charge < -0.3 is 15.5 Å². The molecule has 14 heavy (non-hydrogen) atoms. The average Bonchev–Trinajstić information content (AvgIpc) is 2.76. The van der Waals surface area contributed by atoms with Gasteiger partial charge in [-0.15, -0.1) is 0 Å². The highest BCUT2D eigenvalue weighted by Gasteiger charge is 2.41. The van der Waals surface area contributed by atoms with Gasteiger partial charge in [-0.25, -0.2) is 4.79 Å². The third-order valence-corrected chi connectivity index (χ3v) is 2.49. The van der Waals surface area contributed by atoms with Crippen LogP contribution in [-0.4, -0.2) is 34.2 Å². The predicted octanol–water partition coefficient (Wildman–Crippen LogP) is -0.407. The molecule has 80 valence electrons. The maximum atomic E-state index is 11.3. The number of rotatable bonds is 4. The Hall–Kier alpha value is -1.10. The molecule has 0 unspecified atom stereocenters. The smallest absolute Gasteiger partial charge is 0.328 e. The zero-order valence-corrected chi connectivity index (χ0v) is 8.23. The van der Waals surface area contributed by atoms with Gasteiger partial charge in [-0.1, -0.05) is 6.92 Å². The van der Waals surface area contributed by atoms with Crippen molar-refractivity contribution in [1.29, 1.82) is 0 Å². The standard InChI is InChI=1S/C9H15NO4/c1-4-3-6(4)8(12)10-7(5(2)11)9(13)14/h4-7,11H,3H2,1-2H3,(H,10,12)(H,13,14)/t4-,5+,6+,7-/m0/s1. The number of carbonyl (C=O) groups is 2. The van der Waals surface area contributed by atoms with Crippen molar-refractivity contribution in [3.05, 3.63) is 0 Å². The van der Waals surface area contributed by atoms with Crippen molar-refractivity contribution in [3.63, 3.8) is 0 Å². The summed E-state index contributed by atoms with van der Waals surface area (Å²) in [7, 11) is 0. The van der Waals surface area contributed by atoms with Gasteiger partial charge in [0, 0.05) is 5.92 Å². The largest absolute Gasteiger partial charge is 0.480 e. The second-order valence-electron chi connectivity index (χ2n) is 3.88. The Kier molecular flexibility index (Phi) is 3.10. The van der Waals surface area contributed by atoms with E-state index in [9.17, 15) is 9.59 Å². The fourth-order valence-corrected chi connectivity index (χ4v) is 1.34. The van der Waals surface area contributed by atoms with Crippen molar-refractivity contribution in [1.82, 2.24) is 5.32 Å². The minimum absolute atomic E-state index is 0.0735. The number of hydrogen-bond donors (Lipinski definition) is 3. The molecule has 0 aromatic carbocycles. The zero-order chi connectivity index (χ0) is 10.9. The number of hydrogen-bond acceptors (Lipinski definition) is 3. The minimum Gasteiger partial charge on any atom is -0.480 e. The summed E-state index contributed by atoms with van der Waals surface area (Å²) in [5, 5.41) is 20.1. The summed E-state index contributed by atoms with van der Waals surface area (Å²) in [6.45, 7) is 3.28. The third-order valence-electron chi connectivity index (χ3n) is 2.49. The van der Waals surface area contributed by atoms with Crippen molar-refractivity contribution in [2.75, 3.05) is 0 Å². The van der Waals surface area contributed by atoms with E-state index in [0.29, 0.717) is 5.92 Å². The van der Waals surface area contributed by atoms with E-state index in [4.69, 9.17) is 10.2 Å². The van der Waals surface area contributed by atoms with E-state index in [0.717, 1.165) is 6.42 Å². The van der Waals surface area contributed by atoms with Gasteiger partial charge in [-0.05, 0) is 19.3 Å². The second-order valence-corrected chi connectivity index (χ2v) is 3.88. The first-order valence-electron chi connectivity index (χ1n) is 4.64. The molecular weight excluding hydrogens is 186 g/mol. The Bertz CT molecular complexity index is 251. The molecule has 0 heterocycles. The molecule has 1 aliphatic rings. The van der Waals surface area contributed by atoms with E-state index in [1.54, 1.807) is 0 Å². The molecule has 1 rings (SSSR count). The summed E-state index contributed by atoms with van der Waals surface area (Å²) in [5.74, 6) is -1.22. The van der Waals surface area contributed by atoms with E-state index in [-0.39, 0.29) is 11.8 Å². The molecule has 3 N–H and O–H groups in total. The molecule has 0 bridgehead atoms. The third kappa shape index (κ3) is 2.45. The summed E-state index contributed by atoms with van der Waals surface area (Å²) in [6.07, 6.45) is -0.275. The van der Waals surface area contributed by atoms with Crippen LogP contribution in [0.4, 0.5) is 0 Å². The van der Waals surface area contributed by atoms with E-state index >= 15 is 0 Å². The molecule has 1 amide bonds. The predicted molar refractivity (Wildman–Crippen MR) is 48.5 cm³/mol. The van der Waals surface area contributed by atoms with Crippen molar-refractivity contribution in [3.8, 4) is 0 Å². The van der Waals surface area contributed by atoms with Crippen LogP contribution in [0.1, 0.15) is 20.3 Å². The van der Waals surface area contributed by atoms with Gasteiger partial charge in [0.15, 0.2) is 6.04 Å². The van der Waals surface area contributed by atoms with Crippen LogP contribution >= 0.6 is 0 Å². The lowest BCUT2D eigenvalue weighted by Crippen LogP contribution is -2.48. The minimum atomic E-state index is -1.21. The first kappa shape index (κ1) is 11.0. The summed E-state index contributed by atoms with van der Waals surface area (Å²) in [5.41, 5.74) is 0. The summed E-state index contributed by atoms with van der Waals surface area (Å²) < 4.78 is 0. The maximum absolute atomic E-state index is 11.3. The number of carboxylic acids is 1. The van der Waals surface area contributed by atoms with E-state index in [1.807, 2.05) is 6.92 Å². The first-order chi connectivity index (χ1) is 6.43. The Balaban J connectivity index is 2.47. The maximum Gasteiger partial charge on any atom is 0.328 e. The lowest BCUT2D eigenvalue weighted by molar-refractivity contribution is -0.145. The fraction of sp³-hybridized carbons (Fsp3) is 0.778. The van der Waals surface area contributed by atoms with Crippen molar-refractivity contribution in [2.24, 2.45) is 11.8 Å². The number of aliphatic carboxylic acids is 1. The van der Waals surface area contributed by atoms with Gasteiger partial charge in [0.2, 0.25) is 5.91 Å². The zero-order valence-electron chi connectivity index (χ0n) is 8.23. The average molecular weight is 201 g/mol. The highest BCUT2D eigenvalue weighted by Crippen LogP contribution is 2.37. The van der Waals surface area contributed by atoms with Crippen molar-refractivity contribution >= 4 is 11.9 Å². The van der Waals surface area contributed by atoms with Crippen LogP contribution in [0.15, 0.2) is 0 Å². The number of carboxylic acid groups (broad SMARTS) is 1. The van der Waals surface area contributed by atoms with Crippen LogP contribution in [0, 0.1) is 11.8 Å². The molecule has 1 fully saturated rings. The molecule has 0 aliphatic heterocycles. The molecule has 5 nitrogen and oxygen atoms in total. The molecule has 1 saturated carbocycles. The Morgan fingerprint density at radius 2 is 2.00 bits per heavy atom. The number of aliphatic hydroxyl groups is 1. The number of amides is 1. The van der Waals surface area contributed by atoms with E-state index in [1.165, 1.54) is 6.92 Å². The molecule has 5 heteroatoms. The number of aliphatic hydroxyl groups excluding tert-OH is 1. The molecule has 0 radical (unpaired) electrons. The lowest BCUT2D eigenvalue weighted by Gasteiger charge is -2.16. The molecule has 0 aromatic rings. The summed E-state index contributed by atoms with van der Waals surface area (Å²) >= 11 is 0. The number of nitrogens with one attached hydrogen (secondary N) is 1. The molecule has 0 saturated heterocycles. The second kappa shape index (κ2) is 3.96. The summed E-state index contributed by atoms with van der Waals surface area (Å²) in [4.78, 5) is 22.0. The van der Waals surface area contributed by atoms with Crippen LogP contribution in [0.2, 0.25) is 0 Å². The van der Waals surface area contributed by atoms with Crippen molar-refractivity contribution < 1.29 is 19.8 Å². The molecule has 0 spiro atoms. The Labute approximate surface area is 82.1 Å². The molecule has 1 aliphatic carbocycles. The van der Waals surface area contributed by atoms with Gasteiger partial charge in [0.25, 0.3) is 0 Å². The van der Waals surface area contributed by atoms with Gasteiger partial charge >= 0.3 is 5.97 Å². The fourth-order valence-electron chi connectivity index (χ4n) is 1.34. The Morgan fingerprint density at radius 1 is 1.50 bits per heavy atom. The monoisotopic (exact) mass is 201 g/mol. The van der Waals surface area contributed by atoms with Gasteiger partial charge in [-0.2, -0.15) is 0 Å². The Morgan fingerprint density at radius 3 is 2.29 bits per heavy atom. The first-order valence-corrected chi connectivity index (χ1v) is 4.64. The molecule has 0 aromatic heterocycles. The van der Waals surface area contributed by atoms with E-state index in [2.05, 4.69) is 5.32 Å². The highest BCUT2D eigenvalue weighted by molar-refractivity contribution is 5.86. The quantitative estimate of drug-likeness (QED) is 0.577. The topological polar surface area (TPSA) is 86.6 Å². The van der Waals surface area contributed by atoms with Crippen LogP contribution in [-0.2, 0) is 9.59 Å². The normalized spacial score (nSPS) is 29.1. The lowest BCUT2D eigenvalue weighted by atomic mass is 10.1.